The third kappa shape index (κ3) is 2.42. The number of nitro benzene ring substituents is 1. The first kappa shape index (κ1) is 12.7. The summed E-state index contributed by atoms with van der Waals surface area (Å²) in [6.45, 7) is 0. The number of phenolic OH excluding ortho intramolecular Hbond substituents is 1. The van der Waals surface area contributed by atoms with Crippen LogP contribution in [0.15, 0.2) is 12.1 Å². The number of methoxy groups -OCH3 is 1. The first-order valence-corrected chi connectivity index (χ1v) is 4.42. The van der Waals surface area contributed by atoms with E-state index in [0.717, 1.165) is 12.1 Å². The molecule has 0 saturated carbocycles. The molecule has 0 fully saturated rings. The average molecular weight is 242 g/mol. The number of carbonyl (C=O) groups is 1. The van der Waals surface area contributed by atoms with Gasteiger partial charge in [-0.05, 0) is 6.07 Å². The van der Waals surface area contributed by atoms with Crippen LogP contribution in [0.4, 0.5) is 5.69 Å². The molecule has 0 aromatic heterocycles. The maximum Gasteiger partial charge on any atom is 0.325 e. The number of nitrogens with two attached hydrogens (primary N) is 1. The first-order chi connectivity index (χ1) is 7.88. The van der Waals surface area contributed by atoms with Crippen molar-refractivity contribution in [1.29, 1.82) is 0 Å². The third-order valence-corrected chi connectivity index (χ3v) is 2.13. The van der Waals surface area contributed by atoms with Crippen molar-refractivity contribution < 1.29 is 24.7 Å². The minimum absolute atomic E-state index is 0.0428. The van der Waals surface area contributed by atoms with E-state index in [0.29, 0.717) is 0 Å². The number of benzene rings is 1. The van der Waals surface area contributed by atoms with Gasteiger partial charge in [-0.3, -0.25) is 14.9 Å². The highest BCUT2D eigenvalue weighted by Gasteiger charge is 2.26. The molecule has 8 heteroatoms. The van der Waals surface area contributed by atoms with Gasteiger partial charge in [0.05, 0.1) is 18.1 Å². The van der Waals surface area contributed by atoms with Crippen LogP contribution in [-0.4, -0.2) is 28.2 Å². The standard InChI is InChI=1S/C9H10N2O6/c1-17-4-2-5(7(10)9(13)14)8(12)6(3-4)11(15)16/h2-3,7,12H,10H2,1H3,(H,13,14). The van der Waals surface area contributed by atoms with Crippen molar-refractivity contribution >= 4 is 11.7 Å². The van der Waals surface area contributed by atoms with Crippen LogP contribution in [0.25, 0.3) is 0 Å². The number of ether oxygens (including phenoxy) is 1. The lowest BCUT2D eigenvalue weighted by atomic mass is 10.0. The number of nitro groups is 1. The largest absolute Gasteiger partial charge is 0.502 e. The lowest BCUT2D eigenvalue weighted by Gasteiger charge is -2.11. The Bertz CT molecular complexity index is 473. The van der Waals surface area contributed by atoms with Crippen LogP contribution in [-0.2, 0) is 4.79 Å². The van der Waals surface area contributed by atoms with Crippen LogP contribution in [0.3, 0.4) is 0 Å². The van der Waals surface area contributed by atoms with Gasteiger partial charge in [0.1, 0.15) is 11.8 Å². The molecule has 17 heavy (non-hydrogen) atoms. The second-order valence-corrected chi connectivity index (χ2v) is 3.16. The van der Waals surface area contributed by atoms with E-state index in [1.165, 1.54) is 7.11 Å². The fraction of sp³-hybridized carbons (Fsp3) is 0.222. The van der Waals surface area contributed by atoms with Gasteiger partial charge in [-0.15, -0.1) is 0 Å². The molecule has 1 rings (SSSR count). The summed E-state index contributed by atoms with van der Waals surface area (Å²) in [5, 5.41) is 28.9. The topological polar surface area (TPSA) is 136 Å². The molecule has 1 aromatic carbocycles. The van der Waals surface area contributed by atoms with Crippen molar-refractivity contribution in [2.75, 3.05) is 7.11 Å². The molecule has 0 aliphatic heterocycles. The summed E-state index contributed by atoms with van der Waals surface area (Å²) in [5.41, 5.74) is 4.36. The molecule has 0 aliphatic carbocycles. The van der Waals surface area contributed by atoms with E-state index < -0.39 is 28.4 Å². The second-order valence-electron chi connectivity index (χ2n) is 3.16. The molecule has 0 amide bonds. The fourth-order valence-corrected chi connectivity index (χ4v) is 1.24. The van der Waals surface area contributed by atoms with Gasteiger partial charge in [-0.1, -0.05) is 0 Å². The Morgan fingerprint density at radius 1 is 1.59 bits per heavy atom. The van der Waals surface area contributed by atoms with E-state index in [1.54, 1.807) is 0 Å². The Labute approximate surface area is 95.4 Å². The van der Waals surface area contributed by atoms with Gasteiger partial charge < -0.3 is 20.7 Å². The maximum absolute atomic E-state index is 10.7. The quantitative estimate of drug-likeness (QED) is 0.513. The summed E-state index contributed by atoms with van der Waals surface area (Å²) in [6, 6.07) is 0.554. The van der Waals surface area contributed by atoms with Crippen molar-refractivity contribution in [2.24, 2.45) is 5.73 Å². The van der Waals surface area contributed by atoms with E-state index in [-0.39, 0.29) is 11.3 Å². The van der Waals surface area contributed by atoms with E-state index in [9.17, 15) is 20.0 Å². The molecule has 1 atom stereocenters. The molecule has 0 saturated heterocycles. The summed E-state index contributed by atoms with van der Waals surface area (Å²) in [6.07, 6.45) is 0. The van der Waals surface area contributed by atoms with Gasteiger partial charge >= 0.3 is 11.7 Å². The van der Waals surface area contributed by atoms with Gasteiger partial charge in [0.15, 0.2) is 5.75 Å². The Hall–Kier alpha value is -2.35. The molecule has 4 N–H and O–H groups in total. The summed E-state index contributed by atoms with van der Waals surface area (Å²) in [5.74, 6) is -2.14. The van der Waals surface area contributed by atoms with Crippen LogP contribution in [0.5, 0.6) is 11.5 Å². The molecule has 1 aromatic rings. The van der Waals surface area contributed by atoms with E-state index >= 15 is 0 Å². The lowest BCUT2D eigenvalue weighted by Crippen LogP contribution is -2.21. The molecule has 0 radical (unpaired) electrons. The monoisotopic (exact) mass is 242 g/mol. The van der Waals surface area contributed by atoms with Gasteiger partial charge in [0, 0.05) is 5.56 Å². The molecular weight excluding hydrogens is 232 g/mol. The number of phenols is 1. The molecule has 92 valence electrons. The number of hydrogen-bond acceptors (Lipinski definition) is 6. The highest BCUT2D eigenvalue weighted by Crippen LogP contribution is 2.36. The molecule has 8 nitrogen and oxygen atoms in total. The zero-order chi connectivity index (χ0) is 13.2. The predicted octanol–water partition coefficient (Wildman–Crippen LogP) is 0.393. The van der Waals surface area contributed by atoms with Crippen molar-refractivity contribution in [1.82, 2.24) is 0 Å². The Kier molecular flexibility index (Phi) is 3.49. The number of aliphatic carboxylic acids is 1. The summed E-state index contributed by atoms with van der Waals surface area (Å²) < 4.78 is 4.77. The minimum Gasteiger partial charge on any atom is -0.502 e. The van der Waals surface area contributed by atoms with E-state index in [2.05, 4.69) is 0 Å². The van der Waals surface area contributed by atoms with Crippen LogP contribution in [0.1, 0.15) is 11.6 Å². The molecule has 0 aliphatic rings. The first-order valence-electron chi connectivity index (χ1n) is 4.42. The van der Waals surface area contributed by atoms with Crippen molar-refractivity contribution in [2.45, 2.75) is 6.04 Å². The summed E-state index contributed by atoms with van der Waals surface area (Å²) in [7, 11) is 1.26. The normalized spacial score (nSPS) is 11.9. The number of rotatable bonds is 4. The third-order valence-electron chi connectivity index (χ3n) is 2.13. The molecule has 0 heterocycles. The fourth-order valence-electron chi connectivity index (χ4n) is 1.24. The number of nitrogens with zero attached hydrogens (tertiary/aromatic N) is 1. The van der Waals surface area contributed by atoms with Gasteiger partial charge in [0.2, 0.25) is 0 Å². The van der Waals surface area contributed by atoms with Crippen molar-refractivity contribution in [3.8, 4) is 11.5 Å². The number of aromatic hydroxyl groups is 1. The van der Waals surface area contributed by atoms with Crippen LogP contribution in [0.2, 0.25) is 0 Å². The van der Waals surface area contributed by atoms with Crippen LogP contribution in [0, 0.1) is 10.1 Å². The van der Waals surface area contributed by atoms with E-state index in [4.69, 9.17) is 15.6 Å². The van der Waals surface area contributed by atoms with E-state index in [1.807, 2.05) is 0 Å². The Morgan fingerprint density at radius 2 is 2.18 bits per heavy atom. The Balaban J connectivity index is 3.43. The summed E-state index contributed by atoms with van der Waals surface area (Å²) in [4.78, 5) is 20.5. The SMILES string of the molecule is COc1cc(C(N)C(=O)O)c(O)c([N+](=O)[O-])c1. The van der Waals surface area contributed by atoms with Gasteiger partial charge in [0.25, 0.3) is 0 Å². The maximum atomic E-state index is 10.7. The molecule has 1 unspecified atom stereocenters. The van der Waals surface area contributed by atoms with Crippen LogP contribution >= 0.6 is 0 Å². The molecule has 0 bridgehead atoms. The summed E-state index contributed by atoms with van der Waals surface area (Å²) >= 11 is 0. The minimum atomic E-state index is -1.57. The van der Waals surface area contributed by atoms with Crippen LogP contribution < -0.4 is 10.5 Å². The Morgan fingerprint density at radius 3 is 2.59 bits per heavy atom. The highest BCUT2D eigenvalue weighted by atomic mass is 16.6. The number of carboxylic acid groups (broad SMARTS) is 1. The lowest BCUT2D eigenvalue weighted by molar-refractivity contribution is -0.386. The van der Waals surface area contributed by atoms with Crippen molar-refractivity contribution in [3.05, 3.63) is 27.8 Å². The number of hydrogen-bond donors (Lipinski definition) is 3. The van der Waals surface area contributed by atoms with Gasteiger partial charge in [-0.25, -0.2) is 0 Å². The second kappa shape index (κ2) is 4.66. The zero-order valence-corrected chi connectivity index (χ0v) is 8.78. The smallest absolute Gasteiger partial charge is 0.325 e. The zero-order valence-electron chi connectivity index (χ0n) is 8.78. The molecule has 0 spiro atoms. The average Bonchev–Trinajstić information content (AvgIpc) is 2.27. The predicted molar refractivity (Wildman–Crippen MR) is 55.9 cm³/mol. The van der Waals surface area contributed by atoms with Gasteiger partial charge in [-0.2, -0.15) is 0 Å². The molecular formula is C9H10N2O6. The number of carboxylic acids is 1. The van der Waals surface area contributed by atoms with Crippen molar-refractivity contribution in [3.63, 3.8) is 0 Å². The highest BCUT2D eigenvalue weighted by molar-refractivity contribution is 5.77.